The average molecular weight is 262 g/mol. The van der Waals surface area contributed by atoms with Gasteiger partial charge in [-0.25, -0.2) is 0 Å². The fraction of sp³-hybridized carbons (Fsp3) is 0.143. The van der Waals surface area contributed by atoms with Gasteiger partial charge in [0.15, 0.2) is 0 Å². The van der Waals surface area contributed by atoms with Gasteiger partial charge in [0.05, 0.1) is 0 Å². The highest BCUT2D eigenvalue weighted by molar-refractivity contribution is 7.87. The van der Waals surface area contributed by atoms with Crippen molar-refractivity contribution in [2.24, 2.45) is 0 Å². The molecule has 0 unspecified atom stereocenters. The van der Waals surface area contributed by atoms with Crippen LogP contribution in [-0.2, 0) is 10.1 Å². The van der Waals surface area contributed by atoms with E-state index in [0.29, 0.717) is 5.75 Å². The molecule has 0 saturated carbocycles. The van der Waals surface area contributed by atoms with Crippen LogP contribution in [0.1, 0.15) is 11.1 Å². The van der Waals surface area contributed by atoms with Gasteiger partial charge in [-0.1, -0.05) is 29.8 Å². The molecule has 0 heterocycles. The maximum absolute atomic E-state index is 12.0. The van der Waals surface area contributed by atoms with Crippen LogP contribution < -0.4 is 4.18 Å². The van der Waals surface area contributed by atoms with Crippen molar-refractivity contribution in [1.82, 2.24) is 0 Å². The smallest absolute Gasteiger partial charge is 0.339 e. The van der Waals surface area contributed by atoms with Gasteiger partial charge in [0, 0.05) is 0 Å². The van der Waals surface area contributed by atoms with E-state index in [1.807, 2.05) is 19.9 Å². The van der Waals surface area contributed by atoms with Gasteiger partial charge in [-0.3, -0.25) is 0 Å². The molecule has 2 aromatic rings. The van der Waals surface area contributed by atoms with E-state index in [0.717, 1.165) is 11.1 Å². The second kappa shape index (κ2) is 4.82. The molecule has 3 nitrogen and oxygen atoms in total. The predicted octanol–water partition coefficient (Wildman–Crippen LogP) is 3.07. The monoisotopic (exact) mass is 262 g/mol. The quantitative estimate of drug-likeness (QED) is 0.798. The Morgan fingerprint density at radius 3 is 2.17 bits per heavy atom. The Hall–Kier alpha value is -1.81. The minimum absolute atomic E-state index is 0.170. The molecule has 0 atom stereocenters. The third-order valence-electron chi connectivity index (χ3n) is 2.51. The summed E-state index contributed by atoms with van der Waals surface area (Å²) in [5, 5.41) is 0. The molecule has 2 aromatic carbocycles. The minimum Gasteiger partial charge on any atom is -0.379 e. The largest absolute Gasteiger partial charge is 0.379 e. The molecule has 0 N–H and O–H groups in total. The number of benzene rings is 2. The molecule has 0 aliphatic heterocycles. The Morgan fingerprint density at radius 1 is 0.889 bits per heavy atom. The highest BCUT2D eigenvalue weighted by atomic mass is 32.2. The van der Waals surface area contributed by atoms with Crippen LogP contribution in [0.15, 0.2) is 53.4 Å². The van der Waals surface area contributed by atoms with Crippen molar-refractivity contribution in [3.63, 3.8) is 0 Å². The first kappa shape index (κ1) is 12.6. The van der Waals surface area contributed by atoms with E-state index in [4.69, 9.17) is 4.18 Å². The second-order valence-electron chi connectivity index (χ2n) is 4.17. The van der Waals surface area contributed by atoms with Crippen molar-refractivity contribution < 1.29 is 12.6 Å². The van der Waals surface area contributed by atoms with Crippen molar-refractivity contribution in [1.29, 1.82) is 0 Å². The van der Waals surface area contributed by atoms with Crippen LogP contribution in [0, 0.1) is 13.8 Å². The molecule has 2 rings (SSSR count). The molecule has 0 bridgehead atoms. The fourth-order valence-corrected chi connectivity index (χ4v) is 2.58. The SMILES string of the molecule is Cc1ccc(OS(=O)(=O)c2cccc(C)c2)cc1. The molecule has 0 saturated heterocycles. The summed E-state index contributed by atoms with van der Waals surface area (Å²) in [6, 6.07) is 13.5. The molecule has 94 valence electrons. The molecule has 0 fully saturated rings. The number of hydrogen-bond donors (Lipinski definition) is 0. The third-order valence-corrected chi connectivity index (χ3v) is 3.75. The highest BCUT2D eigenvalue weighted by Crippen LogP contribution is 2.19. The van der Waals surface area contributed by atoms with Crippen LogP contribution in [0.2, 0.25) is 0 Å². The van der Waals surface area contributed by atoms with Crippen molar-refractivity contribution in [3.05, 3.63) is 59.7 Å². The summed E-state index contributed by atoms with van der Waals surface area (Å²) in [6.45, 7) is 3.77. The number of aryl methyl sites for hydroxylation is 2. The maximum atomic E-state index is 12.0. The van der Waals surface area contributed by atoms with Crippen molar-refractivity contribution in [2.75, 3.05) is 0 Å². The standard InChI is InChI=1S/C14H14O3S/c1-11-6-8-13(9-7-11)17-18(15,16)14-5-3-4-12(2)10-14/h3-10H,1-2H3. The van der Waals surface area contributed by atoms with Crippen molar-refractivity contribution >= 4 is 10.1 Å². The normalized spacial score (nSPS) is 11.2. The van der Waals surface area contributed by atoms with E-state index in [2.05, 4.69) is 0 Å². The summed E-state index contributed by atoms with van der Waals surface area (Å²) in [7, 11) is -3.75. The summed E-state index contributed by atoms with van der Waals surface area (Å²) < 4.78 is 29.1. The first-order valence-corrected chi connectivity index (χ1v) is 6.96. The second-order valence-corrected chi connectivity index (χ2v) is 5.71. The summed E-state index contributed by atoms with van der Waals surface area (Å²) in [6.07, 6.45) is 0. The topological polar surface area (TPSA) is 43.4 Å². The van der Waals surface area contributed by atoms with Crippen LogP contribution in [-0.4, -0.2) is 8.42 Å². The van der Waals surface area contributed by atoms with Crippen molar-refractivity contribution in [3.8, 4) is 5.75 Å². The molecular weight excluding hydrogens is 248 g/mol. The van der Waals surface area contributed by atoms with E-state index >= 15 is 0 Å². The van der Waals surface area contributed by atoms with Gasteiger partial charge >= 0.3 is 10.1 Å². The highest BCUT2D eigenvalue weighted by Gasteiger charge is 2.16. The molecule has 0 aliphatic rings. The summed E-state index contributed by atoms with van der Waals surface area (Å²) in [4.78, 5) is 0.170. The Morgan fingerprint density at radius 2 is 1.56 bits per heavy atom. The lowest BCUT2D eigenvalue weighted by molar-refractivity contribution is 0.486. The Bertz CT molecular complexity index is 643. The van der Waals surface area contributed by atoms with Crippen LogP contribution in [0.4, 0.5) is 0 Å². The number of rotatable bonds is 3. The zero-order valence-corrected chi connectivity index (χ0v) is 11.1. The average Bonchev–Trinajstić information content (AvgIpc) is 2.32. The fourth-order valence-electron chi connectivity index (χ4n) is 1.54. The van der Waals surface area contributed by atoms with E-state index in [1.54, 1.807) is 36.4 Å². The Labute approximate surface area is 107 Å². The van der Waals surface area contributed by atoms with Crippen LogP contribution >= 0.6 is 0 Å². The first-order chi connectivity index (χ1) is 8.47. The lowest BCUT2D eigenvalue weighted by Gasteiger charge is -2.07. The molecular formula is C14H14O3S. The maximum Gasteiger partial charge on any atom is 0.339 e. The van der Waals surface area contributed by atoms with E-state index in [-0.39, 0.29) is 4.90 Å². The van der Waals surface area contributed by atoms with E-state index in [1.165, 1.54) is 6.07 Å². The van der Waals surface area contributed by atoms with Crippen LogP contribution in [0.25, 0.3) is 0 Å². The third kappa shape index (κ3) is 2.90. The Kier molecular flexibility index (Phi) is 3.39. The Balaban J connectivity index is 2.30. The van der Waals surface area contributed by atoms with E-state index < -0.39 is 10.1 Å². The molecule has 18 heavy (non-hydrogen) atoms. The van der Waals surface area contributed by atoms with Gasteiger partial charge in [-0.15, -0.1) is 0 Å². The van der Waals surface area contributed by atoms with Gasteiger partial charge in [0.2, 0.25) is 0 Å². The van der Waals surface area contributed by atoms with Gasteiger partial charge in [-0.2, -0.15) is 8.42 Å². The first-order valence-electron chi connectivity index (χ1n) is 5.55. The van der Waals surface area contributed by atoms with Crippen molar-refractivity contribution in [2.45, 2.75) is 18.7 Å². The van der Waals surface area contributed by atoms with Gasteiger partial charge in [-0.05, 0) is 43.7 Å². The molecule has 0 radical (unpaired) electrons. The molecule has 0 aliphatic carbocycles. The molecule has 0 amide bonds. The van der Waals surface area contributed by atoms with Crippen LogP contribution in [0.3, 0.4) is 0 Å². The minimum atomic E-state index is -3.75. The summed E-state index contributed by atoms with van der Waals surface area (Å²) in [5.41, 5.74) is 1.93. The lowest BCUT2D eigenvalue weighted by atomic mass is 10.2. The zero-order valence-electron chi connectivity index (χ0n) is 10.3. The van der Waals surface area contributed by atoms with Gasteiger partial charge < -0.3 is 4.18 Å². The summed E-state index contributed by atoms with van der Waals surface area (Å²) >= 11 is 0. The van der Waals surface area contributed by atoms with E-state index in [9.17, 15) is 8.42 Å². The molecule has 0 aromatic heterocycles. The number of hydrogen-bond acceptors (Lipinski definition) is 3. The summed E-state index contributed by atoms with van der Waals surface area (Å²) in [5.74, 6) is 0.321. The predicted molar refractivity (Wildman–Crippen MR) is 70.2 cm³/mol. The van der Waals surface area contributed by atoms with Gasteiger partial charge in [0.1, 0.15) is 10.6 Å². The molecule has 0 spiro atoms. The van der Waals surface area contributed by atoms with Gasteiger partial charge in [0.25, 0.3) is 0 Å². The molecule has 4 heteroatoms. The van der Waals surface area contributed by atoms with Crippen LogP contribution in [0.5, 0.6) is 5.75 Å². The zero-order chi connectivity index (χ0) is 13.2. The lowest BCUT2D eigenvalue weighted by Crippen LogP contribution is -2.09.